The fourth-order valence-electron chi connectivity index (χ4n) is 2.63. The van der Waals surface area contributed by atoms with Crippen molar-refractivity contribution < 1.29 is 27.2 Å². The summed E-state index contributed by atoms with van der Waals surface area (Å²) in [5, 5.41) is 2.73. The van der Waals surface area contributed by atoms with Crippen LogP contribution in [-0.4, -0.2) is 53.4 Å². The van der Waals surface area contributed by atoms with Gasteiger partial charge in [-0.15, -0.1) is 0 Å². The number of rotatable bonds is 8. The van der Waals surface area contributed by atoms with Gasteiger partial charge in [0.1, 0.15) is 6.54 Å². The van der Waals surface area contributed by atoms with Crippen molar-refractivity contribution in [2.75, 3.05) is 40.1 Å². The lowest BCUT2D eigenvalue weighted by atomic mass is 10.2. The van der Waals surface area contributed by atoms with E-state index in [1.54, 1.807) is 24.3 Å². The predicted molar refractivity (Wildman–Crippen MR) is 104 cm³/mol. The second-order valence-corrected chi connectivity index (χ2v) is 8.79. The van der Waals surface area contributed by atoms with Crippen molar-refractivity contribution in [1.29, 1.82) is 0 Å². The van der Waals surface area contributed by atoms with Crippen LogP contribution in [0.5, 0.6) is 5.75 Å². The highest BCUT2D eigenvalue weighted by Gasteiger charge is 2.17. The smallest absolute Gasteiger partial charge is 0.279 e. The molecule has 0 aliphatic rings. The van der Waals surface area contributed by atoms with Crippen molar-refractivity contribution >= 4 is 21.6 Å². The van der Waals surface area contributed by atoms with Crippen LogP contribution in [0.15, 0.2) is 47.4 Å². The van der Waals surface area contributed by atoms with Gasteiger partial charge in [0.15, 0.2) is 18.1 Å². The van der Waals surface area contributed by atoms with E-state index in [-0.39, 0.29) is 23.1 Å². The molecule has 2 rings (SSSR count). The van der Waals surface area contributed by atoms with Crippen LogP contribution in [0.1, 0.15) is 5.56 Å². The number of ether oxygens (including phenoxy) is 1. The minimum absolute atomic E-state index is 0.153. The number of benzene rings is 2. The number of methoxy groups -OCH3 is 1. The van der Waals surface area contributed by atoms with Crippen molar-refractivity contribution in [2.24, 2.45) is 0 Å². The Bertz CT molecular complexity index is 931. The zero-order valence-electron chi connectivity index (χ0n) is 16.3. The quantitative estimate of drug-likeness (QED) is 0.673. The zero-order valence-corrected chi connectivity index (χ0v) is 17.1. The molecule has 0 saturated carbocycles. The lowest BCUT2D eigenvalue weighted by Crippen LogP contribution is -3.08. The van der Waals surface area contributed by atoms with Gasteiger partial charge >= 0.3 is 0 Å². The molecule has 2 aromatic carbocycles. The summed E-state index contributed by atoms with van der Waals surface area (Å²) in [5.41, 5.74) is 1.26. The topological polar surface area (TPSA) is 80.1 Å². The molecule has 0 radical (unpaired) electrons. The molecule has 152 valence electrons. The molecule has 2 N–H and O–H groups in total. The molecular weight excluding hydrogens is 385 g/mol. The highest BCUT2D eigenvalue weighted by atomic mass is 32.2. The highest BCUT2D eigenvalue weighted by molar-refractivity contribution is 7.89. The summed E-state index contributed by atoms with van der Waals surface area (Å²) in [5.74, 6) is -0.487. The van der Waals surface area contributed by atoms with E-state index in [2.05, 4.69) is 5.32 Å². The summed E-state index contributed by atoms with van der Waals surface area (Å²) in [6.07, 6.45) is 0. The Kier molecular flexibility index (Phi) is 7.11. The molecular formula is C19H25FN3O4S+. The molecule has 0 aliphatic carbocycles. The number of likely N-dealkylation sites (N-methyl/N-ethyl adjacent to an activating group) is 1. The van der Waals surface area contributed by atoms with Crippen LogP contribution in [0.2, 0.25) is 0 Å². The molecule has 28 heavy (non-hydrogen) atoms. The third-order valence-electron chi connectivity index (χ3n) is 4.10. The number of carbonyl (C=O) groups excluding carboxylic acids is 1. The number of nitrogens with zero attached hydrogens (tertiary/aromatic N) is 1. The number of anilines is 1. The Balaban J connectivity index is 1.93. The molecule has 9 heteroatoms. The minimum atomic E-state index is -3.51. The number of nitrogens with one attached hydrogen (secondary N) is 2. The van der Waals surface area contributed by atoms with Gasteiger partial charge in [0.05, 0.1) is 19.1 Å². The van der Waals surface area contributed by atoms with Crippen LogP contribution in [-0.2, 0) is 21.4 Å². The molecule has 0 aliphatic heterocycles. The van der Waals surface area contributed by atoms with E-state index < -0.39 is 15.8 Å². The van der Waals surface area contributed by atoms with Gasteiger partial charge in [-0.2, -0.15) is 0 Å². The second kappa shape index (κ2) is 9.13. The summed E-state index contributed by atoms with van der Waals surface area (Å²) in [6.45, 7) is 0.639. The zero-order chi connectivity index (χ0) is 20.9. The lowest BCUT2D eigenvalue weighted by Gasteiger charge is -2.15. The first-order chi connectivity index (χ1) is 13.1. The summed E-state index contributed by atoms with van der Waals surface area (Å²) in [6, 6.07) is 10.7. The monoisotopic (exact) mass is 410 g/mol. The number of quaternary nitrogens is 1. The first kappa shape index (κ1) is 21.8. The first-order valence-electron chi connectivity index (χ1n) is 8.59. The van der Waals surface area contributed by atoms with Crippen molar-refractivity contribution in [1.82, 2.24) is 4.31 Å². The maximum atomic E-state index is 13.8. The third-order valence-corrected chi connectivity index (χ3v) is 5.93. The molecule has 1 unspecified atom stereocenters. The van der Waals surface area contributed by atoms with E-state index in [1.807, 2.05) is 7.05 Å². The van der Waals surface area contributed by atoms with Crippen molar-refractivity contribution in [3.05, 3.63) is 53.8 Å². The Labute approximate surface area is 164 Å². The molecule has 1 atom stereocenters. The van der Waals surface area contributed by atoms with Crippen molar-refractivity contribution in [3.63, 3.8) is 0 Å². The maximum Gasteiger partial charge on any atom is 0.279 e. The van der Waals surface area contributed by atoms with Gasteiger partial charge in [0.2, 0.25) is 10.0 Å². The van der Waals surface area contributed by atoms with Gasteiger partial charge in [-0.1, -0.05) is 0 Å². The molecule has 7 nitrogen and oxygen atoms in total. The molecule has 0 aromatic heterocycles. The van der Waals surface area contributed by atoms with E-state index in [0.717, 1.165) is 14.8 Å². The van der Waals surface area contributed by atoms with Crippen LogP contribution in [0.3, 0.4) is 0 Å². The van der Waals surface area contributed by atoms with Gasteiger partial charge in [-0.25, -0.2) is 17.1 Å². The Morgan fingerprint density at radius 1 is 1.18 bits per heavy atom. The van der Waals surface area contributed by atoms with Crippen LogP contribution >= 0.6 is 0 Å². The number of halogens is 1. The van der Waals surface area contributed by atoms with Crippen LogP contribution < -0.4 is 15.0 Å². The van der Waals surface area contributed by atoms with Gasteiger partial charge in [0, 0.05) is 25.3 Å². The summed E-state index contributed by atoms with van der Waals surface area (Å²) in [4.78, 5) is 13.2. The van der Waals surface area contributed by atoms with E-state index in [0.29, 0.717) is 12.2 Å². The number of hydrogen-bond donors (Lipinski definition) is 2. The Hall–Kier alpha value is -2.49. The van der Waals surface area contributed by atoms with Crippen LogP contribution in [0, 0.1) is 5.82 Å². The lowest BCUT2D eigenvalue weighted by molar-refractivity contribution is -0.885. The standard InChI is InChI=1S/C19H24FN3O4S/c1-22(2)28(25,26)16-8-6-15(7-9-16)21-19(24)13-23(3)12-14-5-10-18(27-4)17(20)11-14/h5-11H,12-13H2,1-4H3,(H,21,24)/p+1. The number of amides is 1. The molecule has 0 saturated heterocycles. The Morgan fingerprint density at radius 2 is 1.82 bits per heavy atom. The van der Waals surface area contributed by atoms with Crippen molar-refractivity contribution in [2.45, 2.75) is 11.4 Å². The molecule has 2 aromatic rings. The van der Waals surface area contributed by atoms with Crippen LogP contribution in [0.4, 0.5) is 10.1 Å². The average molecular weight is 410 g/mol. The highest BCUT2D eigenvalue weighted by Crippen LogP contribution is 2.17. The fraction of sp³-hybridized carbons (Fsp3) is 0.316. The minimum Gasteiger partial charge on any atom is -0.494 e. The maximum absolute atomic E-state index is 13.8. The number of sulfonamides is 1. The number of carbonyl (C=O) groups is 1. The summed E-state index contributed by atoms with van der Waals surface area (Å²) in [7, 11) is 2.64. The third kappa shape index (κ3) is 5.51. The summed E-state index contributed by atoms with van der Waals surface area (Å²) >= 11 is 0. The summed E-state index contributed by atoms with van der Waals surface area (Å²) < 4.78 is 43.9. The molecule has 0 heterocycles. The molecule has 0 fully saturated rings. The molecule has 0 spiro atoms. The average Bonchev–Trinajstić information content (AvgIpc) is 2.62. The van der Waals surface area contributed by atoms with Gasteiger partial charge < -0.3 is 15.0 Å². The predicted octanol–water partition coefficient (Wildman–Crippen LogP) is 0.738. The van der Waals surface area contributed by atoms with E-state index in [4.69, 9.17) is 4.74 Å². The number of hydrogen-bond acceptors (Lipinski definition) is 4. The largest absolute Gasteiger partial charge is 0.494 e. The molecule has 1 amide bonds. The SMILES string of the molecule is COc1ccc(C[NH+](C)CC(=O)Nc2ccc(S(=O)(=O)N(C)C)cc2)cc1F. The van der Waals surface area contributed by atoms with E-state index in [9.17, 15) is 17.6 Å². The Morgan fingerprint density at radius 3 is 2.36 bits per heavy atom. The normalized spacial score (nSPS) is 12.6. The fourth-order valence-corrected chi connectivity index (χ4v) is 3.53. The first-order valence-corrected chi connectivity index (χ1v) is 10.0. The van der Waals surface area contributed by atoms with E-state index in [1.165, 1.54) is 39.4 Å². The van der Waals surface area contributed by atoms with Gasteiger partial charge in [0.25, 0.3) is 5.91 Å². The van der Waals surface area contributed by atoms with Crippen LogP contribution in [0.25, 0.3) is 0 Å². The second-order valence-electron chi connectivity index (χ2n) is 6.64. The van der Waals surface area contributed by atoms with Crippen molar-refractivity contribution in [3.8, 4) is 5.75 Å². The molecule has 0 bridgehead atoms. The van der Waals surface area contributed by atoms with E-state index >= 15 is 0 Å². The van der Waals surface area contributed by atoms with Gasteiger partial charge in [-0.05, 0) is 42.5 Å². The van der Waals surface area contributed by atoms with Gasteiger partial charge in [-0.3, -0.25) is 4.79 Å².